The highest BCUT2D eigenvalue weighted by Gasteiger charge is 2.29. The third-order valence-electron chi connectivity index (χ3n) is 3.86. The zero-order valence-corrected chi connectivity index (χ0v) is 14.1. The van der Waals surface area contributed by atoms with Crippen molar-refractivity contribution in [3.63, 3.8) is 0 Å². The number of carbonyl (C=O) groups is 1. The number of carbonyl (C=O) groups excluding carboxylic acids is 1. The summed E-state index contributed by atoms with van der Waals surface area (Å²) in [4.78, 5) is 12.0. The summed E-state index contributed by atoms with van der Waals surface area (Å²) in [6, 6.07) is 5.90. The summed E-state index contributed by atoms with van der Waals surface area (Å²) in [6.45, 7) is 0.761. The van der Waals surface area contributed by atoms with Crippen molar-refractivity contribution < 1.29 is 17.6 Å². The Morgan fingerprint density at radius 3 is 2.57 bits per heavy atom. The van der Waals surface area contributed by atoms with Crippen LogP contribution in [0.3, 0.4) is 0 Å². The van der Waals surface area contributed by atoms with Gasteiger partial charge in [-0.1, -0.05) is 12.1 Å². The fourth-order valence-corrected chi connectivity index (χ4v) is 3.71. The van der Waals surface area contributed by atoms with Crippen LogP contribution in [0.2, 0.25) is 0 Å². The predicted molar refractivity (Wildman–Crippen MR) is 85.4 cm³/mol. The van der Waals surface area contributed by atoms with Crippen LogP contribution in [0.4, 0.5) is 4.39 Å². The molecule has 1 aromatic carbocycles. The summed E-state index contributed by atoms with van der Waals surface area (Å²) in [6.07, 6.45) is 1.26. The second kappa shape index (κ2) is 7.37. The third kappa shape index (κ3) is 4.73. The van der Waals surface area contributed by atoms with Crippen molar-refractivity contribution in [2.24, 2.45) is 0 Å². The van der Waals surface area contributed by atoms with E-state index in [1.807, 2.05) is 0 Å². The molecule has 1 saturated heterocycles. The van der Waals surface area contributed by atoms with Crippen molar-refractivity contribution in [2.75, 3.05) is 27.2 Å². The standard InChI is InChI=1S/C15H22FN3O3S/c1-18(2)23(21,22)19-8-6-14(7-9-19)17-15(20)11-12-4-3-5-13(16)10-12/h3-5,10,14H,6-9,11H2,1-2H3,(H,17,20). The normalized spacial score (nSPS) is 17.4. The van der Waals surface area contributed by atoms with Gasteiger partial charge in [0.15, 0.2) is 0 Å². The number of halogens is 1. The van der Waals surface area contributed by atoms with E-state index in [9.17, 15) is 17.6 Å². The van der Waals surface area contributed by atoms with E-state index in [1.54, 1.807) is 12.1 Å². The maximum Gasteiger partial charge on any atom is 0.281 e. The Morgan fingerprint density at radius 1 is 1.35 bits per heavy atom. The van der Waals surface area contributed by atoms with Crippen molar-refractivity contribution in [2.45, 2.75) is 25.3 Å². The number of nitrogens with one attached hydrogen (secondary N) is 1. The van der Waals surface area contributed by atoms with Crippen molar-refractivity contribution >= 4 is 16.1 Å². The molecule has 2 rings (SSSR count). The summed E-state index contributed by atoms with van der Waals surface area (Å²) in [5.41, 5.74) is 0.620. The molecule has 128 valence electrons. The summed E-state index contributed by atoms with van der Waals surface area (Å²) in [5.74, 6) is -0.540. The zero-order chi connectivity index (χ0) is 17.0. The third-order valence-corrected chi connectivity index (χ3v) is 5.80. The highest BCUT2D eigenvalue weighted by Crippen LogP contribution is 2.15. The molecular weight excluding hydrogens is 321 g/mol. The fraction of sp³-hybridized carbons (Fsp3) is 0.533. The van der Waals surface area contributed by atoms with Crippen LogP contribution in [0.25, 0.3) is 0 Å². The largest absolute Gasteiger partial charge is 0.353 e. The molecule has 1 aromatic rings. The average Bonchev–Trinajstić information content (AvgIpc) is 2.47. The zero-order valence-electron chi connectivity index (χ0n) is 13.3. The molecule has 0 radical (unpaired) electrons. The molecule has 6 nitrogen and oxygen atoms in total. The number of hydrogen-bond acceptors (Lipinski definition) is 3. The first-order valence-electron chi connectivity index (χ1n) is 7.50. The molecule has 0 spiro atoms. The minimum atomic E-state index is -3.39. The van der Waals surface area contributed by atoms with Crippen LogP contribution in [-0.4, -0.2) is 56.2 Å². The van der Waals surface area contributed by atoms with Crippen LogP contribution in [-0.2, 0) is 21.4 Å². The predicted octanol–water partition coefficient (Wildman–Crippen LogP) is 0.755. The lowest BCUT2D eigenvalue weighted by molar-refractivity contribution is -0.121. The van der Waals surface area contributed by atoms with Gasteiger partial charge in [-0.3, -0.25) is 4.79 Å². The molecule has 1 heterocycles. The maximum atomic E-state index is 13.1. The van der Waals surface area contributed by atoms with Gasteiger partial charge in [-0.15, -0.1) is 0 Å². The van der Waals surface area contributed by atoms with Gasteiger partial charge in [0.1, 0.15) is 5.82 Å². The van der Waals surface area contributed by atoms with E-state index in [2.05, 4.69) is 5.32 Å². The number of amides is 1. The fourth-order valence-electron chi connectivity index (χ4n) is 2.57. The van der Waals surface area contributed by atoms with E-state index in [0.717, 1.165) is 0 Å². The first kappa shape index (κ1) is 17.8. The highest BCUT2D eigenvalue weighted by molar-refractivity contribution is 7.86. The molecule has 1 amide bonds. The Bertz CT molecular complexity index is 656. The van der Waals surface area contributed by atoms with Gasteiger partial charge in [-0.05, 0) is 30.5 Å². The Hall–Kier alpha value is -1.51. The Balaban J connectivity index is 1.83. The molecular formula is C15H22FN3O3S. The van der Waals surface area contributed by atoms with Crippen LogP contribution >= 0.6 is 0 Å². The van der Waals surface area contributed by atoms with Gasteiger partial charge in [-0.25, -0.2) is 4.39 Å². The lowest BCUT2D eigenvalue weighted by Crippen LogP contribution is -2.49. The maximum absolute atomic E-state index is 13.1. The average molecular weight is 343 g/mol. The van der Waals surface area contributed by atoms with Crippen molar-refractivity contribution in [3.8, 4) is 0 Å². The number of rotatable bonds is 5. The SMILES string of the molecule is CN(C)S(=O)(=O)N1CCC(NC(=O)Cc2cccc(F)c2)CC1. The van der Waals surface area contributed by atoms with Gasteiger partial charge >= 0.3 is 0 Å². The quantitative estimate of drug-likeness (QED) is 0.858. The van der Waals surface area contributed by atoms with E-state index in [4.69, 9.17) is 0 Å². The van der Waals surface area contributed by atoms with E-state index in [-0.39, 0.29) is 24.2 Å². The number of hydrogen-bond donors (Lipinski definition) is 1. The summed E-state index contributed by atoms with van der Waals surface area (Å²) in [5, 5.41) is 2.89. The minimum Gasteiger partial charge on any atom is -0.353 e. The molecule has 1 aliphatic rings. The van der Waals surface area contributed by atoms with E-state index >= 15 is 0 Å². The molecule has 1 N–H and O–H groups in total. The Labute approximate surface area is 136 Å². The van der Waals surface area contributed by atoms with Gasteiger partial charge in [-0.2, -0.15) is 17.0 Å². The smallest absolute Gasteiger partial charge is 0.281 e. The van der Waals surface area contributed by atoms with Gasteiger partial charge < -0.3 is 5.32 Å². The molecule has 0 aromatic heterocycles. The van der Waals surface area contributed by atoms with Crippen LogP contribution in [0, 0.1) is 5.82 Å². The monoisotopic (exact) mass is 343 g/mol. The topological polar surface area (TPSA) is 69.7 Å². The van der Waals surface area contributed by atoms with E-state index in [0.29, 0.717) is 31.5 Å². The van der Waals surface area contributed by atoms with Crippen molar-refractivity contribution in [3.05, 3.63) is 35.6 Å². The molecule has 0 atom stereocenters. The lowest BCUT2D eigenvalue weighted by Gasteiger charge is -2.33. The van der Waals surface area contributed by atoms with Crippen LogP contribution < -0.4 is 5.32 Å². The van der Waals surface area contributed by atoms with Gasteiger partial charge in [0, 0.05) is 33.2 Å². The van der Waals surface area contributed by atoms with Crippen LogP contribution in [0.5, 0.6) is 0 Å². The Kier molecular flexibility index (Phi) is 5.72. The van der Waals surface area contributed by atoms with Gasteiger partial charge in [0.2, 0.25) is 5.91 Å². The highest BCUT2D eigenvalue weighted by atomic mass is 32.2. The van der Waals surface area contributed by atoms with Crippen LogP contribution in [0.15, 0.2) is 24.3 Å². The molecule has 1 aliphatic heterocycles. The molecule has 8 heteroatoms. The second-order valence-corrected chi connectivity index (χ2v) is 7.98. The van der Waals surface area contributed by atoms with E-state index < -0.39 is 10.2 Å². The summed E-state index contributed by atoms with van der Waals surface area (Å²) in [7, 11) is -0.389. The number of benzene rings is 1. The molecule has 1 fully saturated rings. The van der Waals surface area contributed by atoms with Gasteiger partial charge in [0.25, 0.3) is 10.2 Å². The molecule has 0 saturated carbocycles. The lowest BCUT2D eigenvalue weighted by atomic mass is 10.1. The molecule has 0 aliphatic carbocycles. The first-order valence-corrected chi connectivity index (χ1v) is 8.90. The molecule has 0 bridgehead atoms. The van der Waals surface area contributed by atoms with Crippen LogP contribution in [0.1, 0.15) is 18.4 Å². The number of nitrogens with zero attached hydrogens (tertiary/aromatic N) is 2. The van der Waals surface area contributed by atoms with E-state index in [1.165, 1.54) is 34.8 Å². The van der Waals surface area contributed by atoms with Crippen molar-refractivity contribution in [1.82, 2.24) is 13.9 Å². The molecule has 0 unspecified atom stereocenters. The summed E-state index contributed by atoms with van der Waals surface area (Å²) < 4.78 is 39.7. The van der Waals surface area contributed by atoms with Gasteiger partial charge in [0.05, 0.1) is 6.42 Å². The van der Waals surface area contributed by atoms with Crippen molar-refractivity contribution in [1.29, 1.82) is 0 Å². The molecule has 23 heavy (non-hydrogen) atoms. The minimum absolute atomic E-state index is 0.0512. The first-order chi connectivity index (χ1) is 10.8. The number of piperidine rings is 1. The second-order valence-electron chi connectivity index (χ2n) is 5.84. The summed E-state index contributed by atoms with van der Waals surface area (Å²) >= 11 is 0. The Morgan fingerprint density at radius 2 is 2.00 bits per heavy atom.